The number of rotatable bonds is 2. The van der Waals surface area contributed by atoms with Crippen LogP contribution in [0.3, 0.4) is 0 Å². The normalized spacial score (nSPS) is 22.5. The van der Waals surface area contributed by atoms with E-state index in [2.05, 4.69) is 19.6 Å². The molecule has 4 nitrogen and oxygen atoms in total. The lowest BCUT2D eigenvalue weighted by Gasteiger charge is -2.31. The number of hydrogen-bond acceptors (Lipinski definition) is 3. The van der Waals surface area contributed by atoms with Crippen LogP contribution in [0.15, 0.2) is 70.7 Å². The fraction of sp³-hybridized carbons (Fsp3) is 0.318. The first-order valence-electron chi connectivity index (χ1n) is 9.27. The Bertz CT molecular complexity index is 1040. The van der Waals surface area contributed by atoms with E-state index in [1.54, 1.807) is 12.1 Å². The van der Waals surface area contributed by atoms with Gasteiger partial charge in [0.05, 0.1) is 10.6 Å². The number of fused-ring (bicyclic) bond motifs is 2. The summed E-state index contributed by atoms with van der Waals surface area (Å²) in [5.74, 6) is 0. The number of aryl methyl sites for hydroxylation is 1. The molecule has 1 fully saturated rings. The quantitative estimate of drug-likeness (QED) is 0.756. The van der Waals surface area contributed by atoms with E-state index in [0.717, 1.165) is 29.8 Å². The van der Waals surface area contributed by atoms with E-state index in [-0.39, 0.29) is 5.41 Å². The minimum Gasteiger partial charge on any atom is -0.271 e. The summed E-state index contributed by atoms with van der Waals surface area (Å²) in [7, 11) is -3.60. The Morgan fingerprint density at radius 1 is 1.07 bits per heavy atom. The smallest absolute Gasteiger partial charge is 0.264 e. The number of benzene rings is 2. The molecule has 0 N–H and O–H groups in total. The highest BCUT2D eigenvalue weighted by Crippen LogP contribution is 2.49. The summed E-state index contributed by atoms with van der Waals surface area (Å²) in [6.07, 6.45) is 2.22. The first-order chi connectivity index (χ1) is 12.8. The first kappa shape index (κ1) is 18.0. The van der Waals surface area contributed by atoms with Gasteiger partial charge in [-0.1, -0.05) is 42.5 Å². The van der Waals surface area contributed by atoms with E-state index in [1.807, 2.05) is 37.3 Å². The molecule has 1 saturated heterocycles. The van der Waals surface area contributed by atoms with Gasteiger partial charge in [0.1, 0.15) is 0 Å². The lowest BCUT2D eigenvalue weighted by molar-refractivity contribution is 0.475. The van der Waals surface area contributed by atoms with Gasteiger partial charge in [0.15, 0.2) is 0 Å². The van der Waals surface area contributed by atoms with Gasteiger partial charge in [0.2, 0.25) is 0 Å². The second-order valence-corrected chi connectivity index (χ2v) is 9.40. The van der Waals surface area contributed by atoms with Crippen LogP contribution in [0, 0.1) is 6.92 Å². The molecular weight excluding hydrogens is 356 g/mol. The van der Waals surface area contributed by atoms with Gasteiger partial charge in [-0.25, -0.2) is 8.42 Å². The molecule has 0 saturated carbocycles. The van der Waals surface area contributed by atoms with E-state index in [9.17, 15) is 8.42 Å². The number of allylic oxidation sites excluding steroid dienone is 1. The molecule has 2 aromatic carbocycles. The molecule has 0 radical (unpaired) electrons. The van der Waals surface area contributed by atoms with Crippen molar-refractivity contribution >= 4 is 21.4 Å². The van der Waals surface area contributed by atoms with Gasteiger partial charge in [0, 0.05) is 29.8 Å². The summed E-state index contributed by atoms with van der Waals surface area (Å²) in [6, 6.07) is 15.2. The van der Waals surface area contributed by atoms with Crippen LogP contribution in [-0.4, -0.2) is 25.0 Å². The van der Waals surface area contributed by atoms with E-state index in [0.29, 0.717) is 23.6 Å². The zero-order chi connectivity index (χ0) is 19.2. The van der Waals surface area contributed by atoms with Crippen molar-refractivity contribution in [2.45, 2.75) is 43.4 Å². The summed E-state index contributed by atoms with van der Waals surface area (Å²) in [5, 5.41) is 0. The largest absolute Gasteiger partial charge is 0.271 e. The van der Waals surface area contributed by atoms with Crippen molar-refractivity contribution in [3.05, 3.63) is 71.9 Å². The predicted octanol–water partition coefficient (Wildman–Crippen LogP) is 4.73. The van der Waals surface area contributed by atoms with E-state index in [1.165, 1.54) is 9.87 Å². The zero-order valence-corrected chi connectivity index (χ0v) is 16.6. The molecule has 2 aliphatic heterocycles. The van der Waals surface area contributed by atoms with E-state index < -0.39 is 10.0 Å². The average Bonchev–Trinajstić information content (AvgIpc) is 2.78. The van der Waals surface area contributed by atoms with Gasteiger partial charge in [0.25, 0.3) is 10.0 Å². The lowest BCUT2D eigenvalue weighted by atomic mass is 9.72. The number of nitrogens with zero attached hydrogens (tertiary/aromatic N) is 2. The highest BCUT2D eigenvalue weighted by atomic mass is 32.2. The maximum absolute atomic E-state index is 13.2. The molecule has 0 aliphatic carbocycles. The topological polar surface area (TPSA) is 49.7 Å². The molecule has 140 valence electrons. The highest BCUT2D eigenvalue weighted by molar-refractivity contribution is 7.89. The van der Waals surface area contributed by atoms with Crippen molar-refractivity contribution in [1.82, 2.24) is 4.31 Å². The number of para-hydroxylation sites is 1. The number of sulfonamides is 1. The maximum atomic E-state index is 13.2. The van der Waals surface area contributed by atoms with Crippen molar-refractivity contribution < 1.29 is 8.42 Å². The summed E-state index contributed by atoms with van der Waals surface area (Å²) >= 11 is 0. The number of aliphatic imine (C=N–C) groups is 1. The third kappa shape index (κ3) is 2.81. The molecule has 1 unspecified atom stereocenters. The van der Waals surface area contributed by atoms with E-state index in [4.69, 9.17) is 4.99 Å². The summed E-state index contributed by atoms with van der Waals surface area (Å²) in [6.45, 7) is 8.64. The summed E-state index contributed by atoms with van der Waals surface area (Å²) in [4.78, 5) is 5.09. The molecule has 2 aromatic rings. The Balaban J connectivity index is 1.71. The van der Waals surface area contributed by atoms with Gasteiger partial charge < -0.3 is 0 Å². The highest BCUT2D eigenvalue weighted by Gasteiger charge is 2.44. The van der Waals surface area contributed by atoms with Crippen molar-refractivity contribution in [2.75, 3.05) is 6.54 Å². The summed E-state index contributed by atoms with van der Waals surface area (Å²) in [5.41, 5.74) is 4.68. The molecule has 2 heterocycles. The molecule has 2 aliphatic rings. The second kappa shape index (κ2) is 6.34. The zero-order valence-electron chi connectivity index (χ0n) is 15.8. The Kier molecular flexibility index (Phi) is 4.22. The van der Waals surface area contributed by atoms with Crippen LogP contribution in [0.4, 0.5) is 5.69 Å². The van der Waals surface area contributed by atoms with E-state index >= 15 is 0 Å². The van der Waals surface area contributed by atoms with Crippen LogP contribution in [0.2, 0.25) is 0 Å². The monoisotopic (exact) mass is 380 g/mol. The van der Waals surface area contributed by atoms with Crippen LogP contribution in [0.25, 0.3) is 0 Å². The average molecular weight is 381 g/mol. The van der Waals surface area contributed by atoms with Crippen LogP contribution in [0.1, 0.15) is 37.3 Å². The Morgan fingerprint density at radius 3 is 2.52 bits per heavy atom. The van der Waals surface area contributed by atoms with Crippen LogP contribution >= 0.6 is 0 Å². The lowest BCUT2D eigenvalue weighted by Crippen LogP contribution is -2.34. The molecule has 1 atom stereocenters. The molecule has 27 heavy (non-hydrogen) atoms. The fourth-order valence-electron chi connectivity index (χ4n) is 4.33. The standard InChI is InChI=1S/C22H24N2O2S/c1-16-9-11-19(12-10-16)27(25,26)24-14-6-13-22(15-17(24)2)18(3)23-21-8-5-4-7-20(21)22/h4-5,7-12H,2,6,13-15H2,1,3H3. The molecule has 4 rings (SSSR count). The van der Waals surface area contributed by atoms with Crippen LogP contribution < -0.4 is 0 Å². The predicted molar refractivity (Wildman–Crippen MR) is 109 cm³/mol. The van der Waals surface area contributed by atoms with Crippen molar-refractivity contribution in [3.63, 3.8) is 0 Å². The molecule has 0 bridgehead atoms. The van der Waals surface area contributed by atoms with Crippen molar-refractivity contribution in [2.24, 2.45) is 4.99 Å². The molecule has 5 heteroatoms. The van der Waals surface area contributed by atoms with Gasteiger partial charge in [-0.15, -0.1) is 0 Å². The van der Waals surface area contributed by atoms with Crippen molar-refractivity contribution in [3.8, 4) is 0 Å². The third-order valence-electron chi connectivity index (χ3n) is 5.83. The Hall–Kier alpha value is -2.40. The Labute approximate surface area is 161 Å². The van der Waals surface area contributed by atoms with Crippen LogP contribution in [-0.2, 0) is 15.4 Å². The molecule has 0 amide bonds. The molecular formula is C22H24N2O2S. The van der Waals surface area contributed by atoms with Gasteiger partial charge in [-0.3, -0.25) is 9.30 Å². The van der Waals surface area contributed by atoms with Gasteiger partial charge in [-0.05, 0) is 50.5 Å². The minimum absolute atomic E-state index is 0.245. The van der Waals surface area contributed by atoms with Gasteiger partial charge in [-0.2, -0.15) is 0 Å². The minimum atomic E-state index is -3.60. The third-order valence-corrected chi connectivity index (χ3v) is 7.72. The Morgan fingerprint density at radius 2 is 1.78 bits per heavy atom. The summed E-state index contributed by atoms with van der Waals surface area (Å²) < 4.78 is 28.0. The molecule has 1 spiro atoms. The van der Waals surface area contributed by atoms with Crippen LogP contribution in [0.5, 0.6) is 0 Å². The first-order valence-corrected chi connectivity index (χ1v) is 10.7. The second-order valence-electron chi connectivity index (χ2n) is 7.53. The SMILES string of the molecule is C=C1CC2(CCCN1S(=O)(=O)c1ccc(C)cc1)C(C)=Nc1ccccc12. The fourth-order valence-corrected chi connectivity index (χ4v) is 5.84. The van der Waals surface area contributed by atoms with Crippen molar-refractivity contribution in [1.29, 1.82) is 0 Å². The maximum Gasteiger partial charge on any atom is 0.264 e. The molecule has 0 aromatic heterocycles. The number of hydrogen-bond donors (Lipinski definition) is 0. The van der Waals surface area contributed by atoms with Gasteiger partial charge >= 0.3 is 0 Å².